The Bertz CT molecular complexity index is 1710. The summed E-state index contributed by atoms with van der Waals surface area (Å²) in [7, 11) is -4.08. The lowest BCUT2D eigenvalue weighted by Crippen LogP contribution is -2.07. The Balaban J connectivity index is 1.70. The third kappa shape index (κ3) is 3.97. The minimum atomic E-state index is -4.51. The summed E-state index contributed by atoms with van der Waals surface area (Å²) < 4.78 is 67.8. The van der Waals surface area contributed by atoms with Gasteiger partial charge in [0, 0.05) is 11.1 Å². The number of halogens is 3. The second-order valence-electron chi connectivity index (χ2n) is 8.06. The van der Waals surface area contributed by atoms with E-state index in [2.05, 4.69) is 20.6 Å². The Hall–Kier alpha value is -3.99. The Morgan fingerprint density at radius 2 is 1.69 bits per heavy atom. The van der Waals surface area contributed by atoms with E-state index in [0.717, 1.165) is 23.3 Å². The molecule has 0 spiro atoms. The van der Waals surface area contributed by atoms with Crippen molar-refractivity contribution in [2.45, 2.75) is 29.9 Å². The van der Waals surface area contributed by atoms with Crippen LogP contribution in [-0.4, -0.2) is 28.2 Å². The summed E-state index contributed by atoms with van der Waals surface area (Å²) in [4.78, 5) is 4.50. The average molecular weight is 498 g/mol. The molecular weight excluding hydrogens is 479 g/mol. The van der Waals surface area contributed by atoms with E-state index in [1.807, 2.05) is 6.92 Å². The Kier molecular flexibility index (Phi) is 5.24. The van der Waals surface area contributed by atoms with Gasteiger partial charge < -0.3 is 5.32 Å². The van der Waals surface area contributed by atoms with Crippen LogP contribution in [-0.2, 0) is 16.0 Å². The van der Waals surface area contributed by atoms with Crippen LogP contribution >= 0.6 is 0 Å². The molecule has 0 saturated carbocycles. The Labute approximate surface area is 198 Å². The van der Waals surface area contributed by atoms with Crippen molar-refractivity contribution < 1.29 is 21.6 Å². The fourth-order valence-electron chi connectivity index (χ4n) is 3.72. The maximum atomic E-state index is 13.4. The molecule has 0 amide bonds. The number of anilines is 2. The van der Waals surface area contributed by atoms with E-state index in [-0.39, 0.29) is 27.1 Å². The number of fused-ring (bicyclic) bond motifs is 3. The van der Waals surface area contributed by atoms with Crippen molar-refractivity contribution in [3.8, 4) is 0 Å². The topological polar surface area (TPSA) is 89.2 Å². The van der Waals surface area contributed by atoms with Gasteiger partial charge in [-0.15, -0.1) is 5.10 Å². The zero-order valence-corrected chi connectivity index (χ0v) is 19.3. The first-order chi connectivity index (χ1) is 16.6. The van der Waals surface area contributed by atoms with Crippen LogP contribution in [0.5, 0.6) is 0 Å². The monoisotopic (exact) mass is 497 g/mol. The summed E-state index contributed by atoms with van der Waals surface area (Å²) in [5.74, 6) is 0.172. The fourth-order valence-corrected chi connectivity index (χ4v) is 5.04. The molecule has 0 bridgehead atoms. The number of hydrogen-bond acceptors (Lipinski definition) is 6. The van der Waals surface area contributed by atoms with Crippen molar-refractivity contribution in [3.63, 3.8) is 0 Å². The van der Waals surface area contributed by atoms with Gasteiger partial charge in [0.15, 0.2) is 5.65 Å². The lowest BCUT2D eigenvalue weighted by Gasteiger charge is -2.12. The highest BCUT2D eigenvalue weighted by Crippen LogP contribution is 2.33. The van der Waals surface area contributed by atoms with Crippen molar-refractivity contribution in [1.82, 2.24) is 19.8 Å². The van der Waals surface area contributed by atoms with Crippen LogP contribution in [0.4, 0.5) is 24.7 Å². The molecule has 0 atom stereocenters. The number of nitrogens with zero attached hydrogens (tertiary/aromatic N) is 4. The van der Waals surface area contributed by atoms with Crippen molar-refractivity contribution in [1.29, 1.82) is 0 Å². The molecule has 0 aliphatic heterocycles. The van der Waals surface area contributed by atoms with Crippen LogP contribution in [0.25, 0.3) is 16.6 Å². The van der Waals surface area contributed by atoms with Gasteiger partial charge in [-0.3, -0.25) is 0 Å². The number of para-hydroxylation sites is 1. The van der Waals surface area contributed by atoms with Crippen molar-refractivity contribution >= 4 is 37.9 Å². The van der Waals surface area contributed by atoms with E-state index in [1.54, 1.807) is 43.3 Å². The van der Waals surface area contributed by atoms with E-state index < -0.39 is 21.6 Å². The molecule has 1 N–H and O–H groups in total. The summed E-state index contributed by atoms with van der Waals surface area (Å²) in [6.07, 6.45) is -4.51. The van der Waals surface area contributed by atoms with Gasteiger partial charge in [-0.1, -0.05) is 29.5 Å². The number of rotatable bonds is 4. The van der Waals surface area contributed by atoms with Crippen LogP contribution in [0.15, 0.2) is 76.7 Å². The molecular formula is C24H18F3N5O2S. The summed E-state index contributed by atoms with van der Waals surface area (Å²) in [6, 6.07) is 16.3. The summed E-state index contributed by atoms with van der Waals surface area (Å²) in [6.45, 7) is 3.68. The molecule has 0 unspecified atom stereocenters. The Morgan fingerprint density at radius 3 is 2.43 bits per heavy atom. The number of hydrogen-bond donors (Lipinski definition) is 1. The number of alkyl halides is 3. The van der Waals surface area contributed by atoms with Gasteiger partial charge in [0.05, 0.1) is 16.0 Å². The van der Waals surface area contributed by atoms with E-state index in [9.17, 15) is 21.6 Å². The van der Waals surface area contributed by atoms with E-state index in [1.165, 1.54) is 22.7 Å². The van der Waals surface area contributed by atoms with Crippen LogP contribution in [0, 0.1) is 13.8 Å². The minimum Gasteiger partial charge on any atom is -0.340 e. The summed E-state index contributed by atoms with van der Waals surface area (Å²) in [5.41, 5.74) is 1.50. The first kappa shape index (κ1) is 22.8. The van der Waals surface area contributed by atoms with E-state index in [4.69, 9.17) is 0 Å². The number of benzene rings is 3. The second-order valence-corrected chi connectivity index (χ2v) is 9.93. The standard InChI is InChI=1S/C24H18F3N5O2S/c1-14-10-11-18(12-15(14)2)35(33,34)23-22-29-21(19-8-3-4-9-20(19)32(22)31-30-23)28-17-7-5-6-16(13-17)24(25,26)27/h3-13H,1-2H3,(H,28,29). The van der Waals surface area contributed by atoms with Gasteiger partial charge in [-0.2, -0.15) is 17.7 Å². The number of sulfone groups is 1. The number of aromatic nitrogens is 4. The lowest BCUT2D eigenvalue weighted by molar-refractivity contribution is -0.137. The zero-order valence-electron chi connectivity index (χ0n) is 18.5. The number of nitrogens with one attached hydrogen (secondary N) is 1. The molecule has 3 aromatic carbocycles. The first-order valence-corrected chi connectivity index (χ1v) is 11.9. The molecule has 0 fully saturated rings. The van der Waals surface area contributed by atoms with Gasteiger partial charge in [-0.25, -0.2) is 13.4 Å². The average Bonchev–Trinajstić information content (AvgIpc) is 3.25. The van der Waals surface area contributed by atoms with Crippen molar-refractivity contribution in [3.05, 3.63) is 83.4 Å². The third-order valence-corrected chi connectivity index (χ3v) is 7.37. The predicted octanol–water partition coefficient (Wildman–Crippen LogP) is 5.49. The van der Waals surface area contributed by atoms with Gasteiger partial charge in [0.1, 0.15) is 5.82 Å². The van der Waals surface area contributed by atoms with Gasteiger partial charge in [0.25, 0.3) is 0 Å². The summed E-state index contributed by atoms with van der Waals surface area (Å²) in [5, 5.41) is 11.0. The Morgan fingerprint density at radius 1 is 0.914 bits per heavy atom. The highest BCUT2D eigenvalue weighted by molar-refractivity contribution is 7.91. The van der Waals surface area contributed by atoms with Gasteiger partial charge in [0.2, 0.25) is 14.9 Å². The molecule has 2 heterocycles. The predicted molar refractivity (Wildman–Crippen MR) is 124 cm³/mol. The minimum absolute atomic E-state index is 0.0450. The highest BCUT2D eigenvalue weighted by atomic mass is 32.2. The summed E-state index contributed by atoms with van der Waals surface area (Å²) >= 11 is 0. The molecule has 0 saturated heterocycles. The maximum Gasteiger partial charge on any atom is 0.416 e. The molecule has 11 heteroatoms. The second kappa shape index (κ2) is 8.05. The molecule has 7 nitrogen and oxygen atoms in total. The van der Waals surface area contributed by atoms with Crippen LogP contribution in [0.2, 0.25) is 0 Å². The third-order valence-electron chi connectivity index (χ3n) is 5.72. The van der Waals surface area contributed by atoms with Crippen LogP contribution in [0.3, 0.4) is 0 Å². The van der Waals surface area contributed by atoms with E-state index in [0.29, 0.717) is 10.9 Å². The molecule has 178 valence electrons. The fraction of sp³-hybridized carbons (Fsp3) is 0.125. The van der Waals surface area contributed by atoms with E-state index >= 15 is 0 Å². The quantitative estimate of drug-likeness (QED) is 0.353. The SMILES string of the molecule is Cc1ccc(S(=O)(=O)c2nnn3c2nc(Nc2cccc(C(F)(F)F)c2)c2ccccc23)cc1C. The molecule has 0 aliphatic rings. The molecule has 0 radical (unpaired) electrons. The zero-order chi connectivity index (χ0) is 25.0. The molecule has 5 rings (SSSR count). The molecule has 5 aromatic rings. The largest absolute Gasteiger partial charge is 0.416 e. The molecule has 0 aliphatic carbocycles. The molecule has 35 heavy (non-hydrogen) atoms. The molecule has 2 aromatic heterocycles. The van der Waals surface area contributed by atoms with Gasteiger partial charge >= 0.3 is 6.18 Å². The van der Waals surface area contributed by atoms with Crippen LogP contribution < -0.4 is 5.32 Å². The maximum absolute atomic E-state index is 13.4. The van der Waals surface area contributed by atoms with Crippen molar-refractivity contribution in [2.75, 3.05) is 5.32 Å². The smallest absolute Gasteiger partial charge is 0.340 e. The lowest BCUT2D eigenvalue weighted by atomic mass is 10.1. The van der Waals surface area contributed by atoms with Crippen molar-refractivity contribution in [2.24, 2.45) is 0 Å². The van der Waals surface area contributed by atoms with Crippen LogP contribution in [0.1, 0.15) is 16.7 Å². The number of aryl methyl sites for hydroxylation is 2. The first-order valence-electron chi connectivity index (χ1n) is 10.5. The highest BCUT2D eigenvalue weighted by Gasteiger charge is 2.31. The van der Waals surface area contributed by atoms with Gasteiger partial charge in [-0.05, 0) is 67.4 Å². The normalized spacial score (nSPS) is 12.4.